The van der Waals surface area contributed by atoms with E-state index in [1.165, 1.54) is 99.1 Å². The molecule has 0 aliphatic heterocycles. The van der Waals surface area contributed by atoms with Crippen molar-refractivity contribution in [1.82, 2.24) is 13.7 Å². The molecule has 0 bridgehead atoms. The molecule has 3 heteroatoms. The first-order valence-electron chi connectivity index (χ1n) is 19.9. The third kappa shape index (κ3) is 4.85. The molecule has 57 heavy (non-hydrogen) atoms. The Morgan fingerprint density at radius 1 is 0.333 bits per heavy atom. The van der Waals surface area contributed by atoms with Crippen LogP contribution in [0.2, 0.25) is 0 Å². The van der Waals surface area contributed by atoms with E-state index in [0.717, 1.165) is 18.5 Å². The largest absolute Gasteiger partial charge is 0.309 e. The highest BCUT2D eigenvalue weighted by Crippen LogP contribution is 2.41. The molecule has 0 saturated heterocycles. The monoisotopic (exact) mass is 727 g/mol. The van der Waals surface area contributed by atoms with Crippen LogP contribution in [0.1, 0.15) is 18.4 Å². The van der Waals surface area contributed by atoms with Crippen molar-refractivity contribution in [3.05, 3.63) is 206 Å². The zero-order chi connectivity index (χ0) is 37.5. The number of hydrogen-bond donors (Lipinski definition) is 0. The van der Waals surface area contributed by atoms with Crippen LogP contribution in [0.5, 0.6) is 0 Å². The van der Waals surface area contributed by atoms with Gasteiger partial charge < -0.3 is 13.7 Å². The predicted octanol–water partition coefficient (Wildman–Crippen LogP) is 14.4. The Bertz CT molecular complexity index is 3460. The molecule has 3 heterocycles. The van der Waals surface area contributed by atoms with Gasteiger partial charge in [0.15, 0.2) is 0 Å². The first kappa shape index (κ1) is 31.9. The van der Waals surface area contributed by atoms with Crippen LogP contribution in [0.3, 0.4) is 0 Å². The van der Waals surface area contributed by atoms with E-state index in [0.29, 0.717) is 0 Å². The van der Waals surface area contributed by atoms with Gasteiger partial charge in [-0.05, 0) is 108 Å². The van der Waals surface area contributed by atoms with E-state index in [1.807, 2.05) is 0 Å². The lowest BCUT2D eigenvalue weighted by atomic mass is 9.98. The molecule has 3 aromatic heterocycles. The third-order valence-corrected chi connectivity index (χ3v) is 12.1. The average molecular weight is 728 g/mol. The molecule has 0 fully saturated rings. The van der Waals surface area contributed by atoms with Gasteiger partial charge in [-0.2, -0.15) is 0 Å². The lowest BCUT2D eigenvalue weighted by molar-refractivity contribution is 1.04. The number of allylic oxidation sites excluding steroid dienone is 4. The molecular formula is C54H37N3. The molecule has 0 saturated carbocycles. The molecule has 0 unspecified atom stereocenters. The minimum Gasteiger partial charge on any atom is -0.309 e. The SMILES string of the molecule is C1=CC(c2ccccc2-n2c3ccccc3c3cc(-c4ccc5c(c4)c4ccccc4n5-c4ccc5c(c4)c4ccccc4n5-c4ccccc4)ccc32)=CCC1. The van der Waals surface area contributed by atoms with Crippen LogP contribution in [-0.4, -0.2) is 13.7 Å². The summed E-state index contributed by atoms with van der Waals surface area (Å²) in [6, 6.07) is 66.9. The number of fused-ring (bicyclic) bond motifs is 9. The van der Waals surface area contributed by atoms with Crippen molar-refractivity contribution >= 4 is 71.0 Å². The normalized spacial score (nSPS) is 13.2. The molecule has 11 aromatic rings. The summed E-state index contributed by atoms with van der Waals surface area (Å²) in [5.41, 5.74) is 15.8. The highest BCUT2D eigenvalue weighted by atomic mass is 15.0. The van der Waals surface area contributed by atoms with Gasteiger partial charge in [0, 0.05) is 49.3 Å². The van der Waals surface area contributed by atoms with Gasteiger partial charge in [0.25, 0.3) is 0 Å². The molecule has 0 atom stereocenters. The standard InChI is InChI=1S/C54H37N3/c1-3-15-36(16-4-1)41-19-7-11-23-48(41)57-51-26-14-10-21-43(51)46-34-38(28-31-54(46)57)37-27-30-52-45(33-37)42-20-8-13-25-50(42)56(52)40-29-32-53-47(35-40)44-22-9-12-24-49(44)55(53)39-17-5-2-6-18-39/h2-3,5-35H,1,4H2. The molecule has 0 spiro atoms. The predicted molar refractivity (Wildman–Crippen MR) is 241 cm³/mol. The Morgan fingerprint density at radius 3 is 1.46 bits per heavy atom. The molecule has 12 rings (SSSR count). The summed E-state index contributed by atoms with van der Waals surface area (Å²) >= 11 is 0. The lowest BCUT2D eigenvalue weighted by Crippen LogP contribution is -1.99. The molecule has 0 amide bonds. The second-order valence-electron chi connectivity index (χ2n) is 15.2. The lowest BCUT2D eigenvalue weighted by Gasteiger charge is -2.16. The van der Waals surface area contributed by atoms with Crippen molar-refractivity contribution in [2.45, 2.75) is 12.8 Å². The van der Waals surface area contributed by atoms with Crippen molar-refractivity contribution in [2.75, 3.05) is 0 Å². The summed E-state index contributed by atoms with van der Waals surface area (Å²) in [4.78, 5) is 0. The van der Waals surface area contributed by atoms with E-state index in [4.69, 9.17) is 0 Å². The average Bonchev–Trinajstić information content (AvgIpc) is 3.92. The topological polar surface area (TPSA) is 14.8 Å². The number of hydrogen-bond acceptors (Lipinski definition) is 0. The number of nitrogens with zero attached hydrogens (tertiary/aromatic N) is 3. The Balaban J connectivity index is 1.02. The van der Waals surface area contributed by atoms with E-state index in [9.17, 15) is 0 Å². The summed E-state index contributed by atoms with van der Waals surface area (Å²) in [5.74, 6) is 0. The summed E-state index contributed by atoms with van der Waals surface area (Å²) in [6.07, 6.45) is 9.14. The van der Waals surface area contributed by atoms with Crippen LogP contribution in [0.25, 0.3) is 99.2 Å². The Kier molecular flexibility index (Phi) is 7.05. The maximum atomic E-state index is 2.46. The van der Waals surface area contributed by atoms with E-state index < -0.39 is 0 Å². The van der Waals surface area contributed by atoms with Gasteiger partial charge in [0.2, 0.25) is 0 Å². The van der Waals surface area contributed by atoms with Crippen LogP contribution >= 0.6 is 0 Å². The molecule has 268 valence electrons. The van der Waals surface area contributed by atoms with E-state index >= 15 is 0 Å². The van der Waals surface area contributed by atoms with Gasteiger partial charge in [-0.1, -0.05) is 121 Å². The van der Waals surface area contributed by atoms with Crippen molar-refractivity contribution in [3.8, 4) is 28.2 Å². The zero-order valence-electron chi connectivity index (χ0n) is 31.3. The van der Waals surface area contributed by atoms with Crippen LogP contribution in [0.15, 0.2) is 200 Å². The summed E-state index contributed by atoms with van der Waals surface area (Å²) < 4.78 is 7.27. The summed E-state index contributed by atoms with van der Waals surface area (Å²) in [5, 5.41) is 7.53. The minimum absolute atomic E-state index is 1.08. The van der Waals surface area contributed by atoms with Gasteiger partial charge in [0.05, 0.1) is 38.8 Å². The van der Waals surface area contributed by atoms with Crippen molar-refractivity contribution < 1.29 is 0 Å². The van der Waals surface area contributed by atoms with Crippen LogP contribution < -0.4 is 0 Å². The highest BCUT2D eigenvalue weighted by Gasteiger charge is 2.19. The first-order valence-corrected chi connectivity index (χ1v) is 19.9. The van der Waals surface area contributed by atoms with Crippen molar-refractivity contribution in [2.24, 2.45) is 0 Å². The molecule has 1 aliphatic rings. The third-order valence-electron chi connectivity index (χ3n) is 12.1. The molecule has 1 aliphatic carbocycles. The molecule has 8 aromatic carbocycles. The van der Waals surface area contributed by atoms with Crippen LogP contribution in [-0.2, 0) is 0 Å². The van der Waals surface area contributed by atoms with Gasteiger partial charge in [-0.25, -0.2) is 0 Å². The number of para-hydroxylation sites is 5. The fourth-order valence-corrected chi connectivity index (χ4v) is 9.52. The second-order valence-corrected chi connectivity index (χ2v) is 15.2. The molecular weight excluding hydrogens is 691 g/mol. The highest BCUT2D eigenvalue weighted by molar-refractivity contribution is 6.14. The first-order chi connectivity index (χ1) is 28.3. The van der Waals surface area contributed by atoms with E-state index in [2.05, 4.69) is 214 Å². The number of rotatable bonds is 5. The number of aromatic nitrogens is 3. The maximum Gasteiger partial charge on any atom is 0.0542 e. The summed E-state index contributed by atoms with van der Waals surface area (Å²) in [6.45, 7) is 0. The van der Waals surface area contributed by atoms with Crippen LogP contribution in [0.4, 0.5) is 0 Å². The zero-order valence-corrected chi connectivity index (χ0v) is 31.3. The van der Waals surface area contributed by atoms with E-state index in [1.54, 1.807) is 0 Å². The molecule has 0 radical (unpaired) electrons. The number of benzene rings is 8. The summed E-state index contributed by atoms with van der Waals surface area (Å²) in [7, 11) is 0. The smallest absolute Gasteiger partial charge is 0.0542 e. The fourth-order valence-electron chi connectivity index (χ4n) is 9.52. The van der Waals surface area contributed by atoms with Crippen molar-refractivity contribution in [3.63, 3.8) is 0 Å². The minimum atomic E-state index is 1.08. The molecule has 3 nitrogen and oxygen atoms in total. The maximum absolute atomic E-state index is 2.46. The van der Waals surface area contributed by atoms with E-state index in [-0.39, 0.29) is 0 Å². The van der Waals surface area contributed by atoms with Gasteiger partial charge in [0.1, 0.15) is 0 Å². The molecule has 0 N–H and O–H groups in total. The van der Waals surface area contributed by atoms with Gasteiger partial charge >= 0.3 is 0 Å². The van der Waals surface area contributed by atoms with Gasteiger partial charge in [-0.15, -0.1) is 0 Å². The van der Waals surface area contributed by atoms with Gasteiger partial charge in [-0.3, -0.25) is 0 Å². The Morgan fingerprint density at radius 2 is 0.825 bits per heavy atom. The fraction of sp³-hybridized carbons (Fsp3) is 0.0370. The van der Waals surface area contributed by atoms with Crippen molar-refractivity contribution in [1.29, 1.82) is 0 Å². The second kappa shape index (κ2) is 12.6. The Labute approximate surface area is 330 Å². The quantitative estimate of drug-likeness (QED) is 0.168. The van der Waals surface area contributed by atoms with Crippen LogP contribution in [0, 0.1) is 0 Å². The Hall–Kier alpha value is -7.36.